The van der Waals surface area contributed by atoms with E-state index in [9.17, 15) is 0 Å². The number of hydrogen-bond acceptors (Lipinski definition) is 6. The number of rotatable bonds is 6. The summed E-state index contributed by atoms with van der Waals surface area (Å²) in [6.07, 6.45) is 0. The highest BCUT2D eigenvalue weighted by Gasteiger charge is 2.12. The second kappa shape index (κ2) is 6.58. The van der Waals surface area contributed by atoms with Gasteiger partial charge in [0.2, 0.25) is 5.28 Å². The van der Waals surface area contributed by atoms with Crippen LogP contribution in [-0.2, 0) is 4.74 Å². The summed E-state index contributed by atoms with van der Waals surface area (Å²) >= 11 is 5.94. The van der Waals surface area contributed by atoms with E-state index >= 15 is 0 Å². The van der Waals surface area contributed by atoms with Crippen LogP contribution in [0.25, 0.3) is 10.9 Å². The molecule has 0 aliphatic carbocycles. The van der Waals surface area contributed by atoms with Crippen molar-refractivity contribution in [3.63, 3.8) is 0 Å². The van der Waals surface area contributed by atoms with Gasteiger partial charge < -0.3 is 19.5 Å². The predicted octanol–water partition coefficient (Wildman–Crippen LogP) is 2.36. The third-order valence-corrected chi connectivity index (χ3v) is 2.94. The van der Waals surface area contributed by atoms with Gasteiger partial charge >= 0.3 is 0 Å². The van der Waals surface area contributed by atoms with Crippen LogP contribution in [0.1, 0.15) is 0 Å². The third kappa shape index (κ3) is 3.02. The fourth-order valence-electron chi connectivity index (χ4n) is 1.83. The molecule has 108 valence electrons. The number of halogens is 1. The maximum Gasteiger partial charge on any atom is 0.224 e. The normalized spacial score (nSPS) is 10.6. The quantitative estimate of drug-likeness (QED) is 0.652. The van der Waals surface area contributed by atoms with E-state index < -0.39 is 0 Å². The Morgan fingerprint density at radius 3 is 2.45 bits per heavy atom. The average Bonchev–Trinajstić information content (AvgIpc) is 2.45. The molecule has 20 heavy (non-hydrogen) atoms. The molecule has 1 heterocycles. The highest BCUT2D eigenvalue weighted by Crippen LogP contribution is 2.34. The molecule has 0 aliphatic heterocycles. The lowest BCUT2D eigenvalue weighted by Gasteiger charge is -2.12. The second-order valence-electron chi connectivity index (χ2n) is 3.99. The molecule has 0 amide bonds. The number of ether oxygens (including phenoxy) is 3. The van der Waals surface area contributed by atoms with Crippen molar-refractivity contribution in [2.75, 3.05) is 39.8 Å². The number of nitrogens with zero attached hydrogens (tertiary/aromatic N) is 2. The van der Waals surface area contributed by atoms with Crippen LogP contribution in [-0.4, -0.2) is 44.4 Å². The summed E-state index contributed by atoms with van der Waals surface area (Å²) in [5, 5.41) is 4.14. The van der Waals surface area contributed by atoms with Crippen molar-refractivity contribution in [2.45, 2.75) is 0 Å². The van der Waals surface area contributed by atoms with Crippen molar-refractivity contribution in [1.29, 1.82) is 0 Å². The number of anilines is 1. The van der Waals surface area contributed by atoms with E-state index in [0.29, 0.717) is 36.0 Å². The summed E-state index contributed by atoms with van der Waals surface area (Å²) in [6, 6.07) is 3.59. The van der Waals surface area contributed by atoms with Crippen molar-refractivity contribution in [3.05, 3.63) is 17.4 Å². The molecule has 6 nitrogen and oxygen atoms in total. The van der Waals surface area contributed by atoms with Crippen LogP contribution in [0.5, 0.6) is 11.5 Å². The van der Waals surface area contributed by atoms with Crippen LogP contribution in [0, 0.1) is 0 Å². The van der Waals surface area contributed by atoms with Gasteiger partial charge in [0.1, 0.15) is 5.82 Å². The lowest BCUT2D eigenvalue weighted by molar-refractivity contribution is 0.210. The Balaban J connectivity index is 2.50. The van der Waals surface area contributed by atoms with Crippen LogP contribution >= 0.6 is 11.6 Å². The monoisotopic (exact) mass is 297 g/mol. The number of aromatic nitrogens is 2. The van der Waals surface area contributed by atoms with Crippen LogP contribution in [0.4, 0.5) is 5.82 Å². The first-order chi connectivity index (χ1) is 9.69. The highest BCUT2D eigenvalue weighted by molar-refractivity contribution is 6.28. The molecule has 0 fully saturated rings. The molecular weight excluding hydrogens is 282 g/mol. The lowest BCUT2D eigenvalue weighted by Crippen LogP contribution is -2.09. The van der Waals surface area contributed by atoms with E-state index in [2.05, 4.69) is 15.3 Å². The van der Waals surface area contributed by atoms with Crippen LogP contribution < -0.4 is 14.8 Å². The molecular formula is C13H16ClN3O3. The molecule has 0 unspecified atom stereocenters. The van der Waals surface area contributed by atoms with Gasteiger partial charge in [-0.3, -0.25) is 0 Å². The van der Waals surface area contributed by atoms with Gasteiger partial charge in [0.15, 0.2) is 11.5 Å². The van der Waals surface area contributed by atoms with Crippen molar-refractivity contribution >= 4 is 28.3 Å². The zero-order valence-electron chi connectivity index (χ0n) is 11.6. The fraction of sp³-hybridized carbons (Fsp3) is 0.385. The molecule has 1 aromatic heterocycles. The largest absolute Gasteiger partial charge is 0.493 e. The molecule has 0 saturated heterocycles. The molecule has 0 bridgehead atoms. The lowest BCUT2D eigenvalue weighted by atomic mass is 10.2. The summed E-state index contributed by atoms with van der Waals surface area (Å²) in [6.45, 7) is 1.18. The minimum atomic E-state index is 0.171. The van der Waals surface area contributed by atoms with Gasteiger partial charge in [0.25, 0.3) is 0 Å². The minimum Gasteiger partial charge on any atom is -0.493 e. The van der Waals surface area contributed by atoms with E-state index in [1.807, 2.05) is 6.07 Å². The molecule has 7 heteroatoms. The first-order valence-corrected chi connectivity index (χ1v) is 6.39. The standard InChI is InChI=1S/C13H16ClN3O3/c1-18-5-4-15-12-8-6-10(19-2)11(20-3)7-9(8)16-13(14)17-12/h6-7H,4-5H2,1-3H3,(H,15,16,17). The summed E-state index contributed by atoms with van der Waals surface area (Å²) < 4.78 is 15.5. The topological polar surface area (TPSA) is 65.5 Å². The number of hydrogen-bond donors (Lipinski definition) is 1. The van der Waals surface area contributed by atoms with E-state index in [-0.39, 0.29) is 5.28 Å². The van der Waals surface area contributed by atoms with Gasteiger partial charge in [-0.15, -0.1) is 0 Å². The van der Waals surface area contributed by atoms with E-state index in [1.165, 1.54) is 0 Å². The fourth-order valence-corrected chi connectivity index (χ4v) is 2.01. The molecule has 0 spiro atoms. The average molecular weight is 298 g/mol. The van der Waals surface area contributed by atoms with Gasteiger partial charge in [-0.1, -0.05) is 0 Å². The summed E-state index contributed by atoms with van der Waals surface area (Å²) in [5.41, 5.74) is 0.683. The number of nitrogens with one attached hydrogen (secondary N) is 1. The van der Waals surface area contributed by atoms with Crippen molar-refractivity contribution in [3.8, 4) is 11.5 Å². The van der Waals surface area contributed by atoms with Gasteiger partial charge in [0, 0.05) is 25.1 Å². The van der Waals surface area contributed by atoms with Gasteiger partial charge in [-0.25, -0.2) is 9.97 Å². The number of methoxy groups -OCH3 is 3. The molecule has 0 saturated carbocycles. The number of fused-ring (bicyclic) bond motifs is 1. The molecule has 0 aliphatic rings. The van der Waals surface area contributed by atoms with Crippen LogP contribution in [0.2, 0.25) is 5.28 Å². The van der Waals surface area contributed by atoms with E-state index in [0.717, 1.165) is 5.39 Å². The second-order valence-corrected chi connectivity index (χ2v) is 4.32. The molecule has 0 radical (unpaired) electrons. The Morgan fingerprint density at radius 1 is 1.10 bits per heavy atom. The Hall–Kier alpha value is -1.79. The van der Waals surface area contributed by atoms with Gasteiger partial charge in [-0.05, 0) is 17.7 Å². The van der Waals surface area contributed by atoms with Gasteiger partial charge in [-0.2, -0.15) is 0 Å². The highest BCUT2D eigenvalue weighted by atomic mass is 35.5. The third-order valence-electron chi connectivity index (χ3n) is 2.77. The van der Waals surface area contributed by atoms with Crippen LogP contribution in [0.15, 0.2) is 12.1 Å². The summed E-state index contributed by atoms with van der Waals surface area (Å²) in [7, 11) is 4.79. The van der Waals surface area contributed by atoms with E-state index in [1.54, 1.807) is 27.4 Å². The summed E-state index contributed by atoms with van der Waals surface area (Å²) in [5.74, 6) is 1.84. The van der Waals surface area contributed by atoms with Crippen LogP contribution in [0.3, 0.4) is 0 Å². The molecule has 2 rings (SSSR count). The van der Waals surface area contributed by atoms with Crippen molar-refractivity contribution < 1.29 is 14.2 Å². The van der Waals surface area contributed by atoms with Gasteiger partial charge in [0.05, 0.1) is 26.3 Å². The molecule has 1 aromatic carbocycles. The van der Waals surface area contributed by atoms with Crippen molar-refractivity contribution in [2.24, 2.45) is 0 Å². The molecule has 1 N–H and O–H groups in total. The predicted molar refractivity (Wildman–Crippen MR) is 78.0 cm³/mol. The zero-order chi connectivity index (χ0) is 14.5. The SMILES string of the molecule is COCCNc1nc(Cl)nc2cc(OC)c(OC)cc12. The summed E-state index contributed by atoms with van der Waals surface area (Å²) in [4.78, 5) is 8.39. The van der Waals surface area contributed by atoms with E-state index in [4.69, 9.17) is 25.8 Å². The smallest absolute Gasteiger partial charge is 0.224 e. The first kappa shape index (κ1) is 14.6. The Morgan fingerprint density at radius 2 is 1.80 bits per heavy atom. The molecule has 0 atom stereocenters. The number of benzene rings is 1. The first-order valence-electron chi connectivity index (χ1n) is 6.01. The Bertz CT molecular complexity index is 607. The zero-order valence-corrected chi connectivity index (χ0v) is 12.3. The minimum absolute atomic E-state index is 0.171. The maximum atomic E-state index is 5.94. The Labute approximate surface area is 122 Å². The Kier molecular flexibility index (Phi) is 4.81. The van der Waals surface area contributed by atoms with Crippen molar-refractivity contribution in [1.82, 2.24) is 9.97 Å². The maximum absolute atomic E-state index is 5.94. The molecule has 2 aromatic rings.